The fourth-order valence-electron chi connectivity index (χ4n) is 10.9. The summed E-state index contributed by atoms with van der Waals surface area (Å²) >= 11 is 0. The molecule has 0 aliphatic heterocycles. The van der Waals surface area contributed by atoms with E-state index < -0.39 is 0 Å². The van der Waals surface area contributed by atoms with Crippen LogP contribution in [-0.4, -0.2) is 0 Å². The molecule has 2 heterocycles. The third kappa shape index (κ3) is 7.12. The van der Waals surface area contributed by atoms with E-state index in [1.807, 2.05) is 114 Å². The molecule has 0 unspecified atom stereocenters. The molecule has 0 atom stereocenters. The summed E-state index contributed by atoms with van der Waals surface area (Å²) in [6, 6.07) is 89.2. The van der Waals surface area contributed by atoms with E-state index in [1.54, 1.807) is 6.07 Å². The number of hydrogen-bond donors (Lipinski definition) is 0. The molecule has 2 aromatic heterocycles. The molecule has 0 fully saturated rings. The third-order valence-electron chi connectivity index (χ3n) is 14.3. The molecule has 5 heteroatoms. The van der Waals surface area contributed by atoms with Crippen LogP contribution in [0.5, 0.6) is 0 Å². The maximum atomic E-state index is 17.3. The van der Waals surface area contributed by atoms with Crippen molar-refractivity contribution in [1.82, 2.24) is 0 Å². The van der Waals surface area contributed by atoms with Gasteiger partial charge in [-0.3, -0.25) is 0 Å². The molecule has 0 aliphatic rings. The van der Waals surface area contributed by atoms with Crippen molar-refractivity contribution in [2.45, 2.75) is 0 Å². The molecule has 0 aliphatic carbocycles. The van der Waals surface area contributed by atoms with Gasteiger partial charge in [-0.2, -0.15) is 0 Å². The van der Waals surface area contributed by atoms with Gasteiger partial charge in [0.1, 0.15) is 22.6 Å². The van der Waals surface area contributed by atoms with E-state index in [2.05, 4.69) is 150 Å². The van der Waals surface area contributed by atoms with Gasteiger partial charge in [-0.1, -0.05) is 170 Å². The van der Waals surface area contributed by atoms with Gasteiger partial charge in [0.15, 0.2) is 5.58 Å². The number of halogens is 1. The minimum atomic E-state index is -0.329. The standard InChI is InChI=1S/C68H43FN2O2/c69-61-42-48(44-18-5-1-6-19-44)41-59(46-20-7-2-8-21-46)66(61)71(50-24-11-4-12-25-50)52-37-39-58-64(43-52)73-68-57-38-34-47(40-60(57)53-26-13-14-28-55(53)65(58)68)45-32-35-51(36-33-45)70(49-22-9-3-10-23-49)62-30-17-29-56-54-27-15-16-31-63(54)72-67(56)62/h1-43H. The fourth-order valence-corrected chi connectivity index (χ4v) is 10.9. The quantitative estimate of drug-likeness (QED) is 0.135. The first-order valence-electron chi connectivity index (χ1n) is 24.6. The Morgan fingerprint density at radius 2 is 0.822 bits per heavy atom. The molecule has 0 saturated heterocycles. The van der Waals surface area contributed by atoms with Gasteiger partial charge in [0.05, 0.1) is 17.1 Å². The van der Waals surface area contributed by atoms with Crippen molar-refractivity contribution in [3.05, 3.63) is 267 Å². The van der Waals surface area contributed by atoms with Crippen LogP contribution < -0.4 is 9.80 Å². The largest absolute Gasteiger partial charge is 0.455 e. The molecule has 0 radical (unpaired) electrons. The molecule has 12 aromatic carbocycles. The number of anilines is 6. The van der Waals surface area contributed by atoms with Gasteiger partial charge < -0.3 is 18.6 Å². The maximum Gasteiger partial charge on any atom is 0.159 e. The Balaban J connectivity index is 0.892. The molecule has 0 spiro atoms. The zero-order valence-corrected chi connectivity index (χ0v) is 39.4. The van der Waals surface area contributed by atoms with Crippen molar-refractivity contribution in [2.75, 3.05) is 9.80 Å². The lowest BCUT2D eigenvalue weighted by Gasteiger charge is -2.28. The van der Waals surface area contributed by atoms with Crippen LogP contribution >= 0.6 is 0 Å². The predicted octanol–water partition coefficient (Wildman–Crippen LogP) is 19.9. The van der Waals surface area contributed by atoms with Crippen LogP contribution in [0.2, 0.25) is 0 Å². The second kappa shape index (κ2) is 17.3. The van der Waals surface area contributed by atoms with Crippen molar-refractivity contribution in [2.24, 2.45) is 0 Å². The van der Waals surface area contributed by atoms with Crippen LogP contribution in [0.3, 0.4) is 0 Å². The van der Waals surface area contributed by atoms with E-state index in [0.29, 0.717) is 5.69 Å². The summed E-state index contributed by atoms with van der Waals surface area (Å²) < 4.78 is 30.9. The van der Waals surface area contributed by atoms with Crippen molar-refractivity contribution in [1.29, 1.82) is 0 Å². The first-order valence-corrected chi connectivity index (χ1v) is 24.6. The first-order chi connectivity index (χ1) is 36.1. The second-order valence-corrected chi connectivity index (χ2v) is 18.5. The zero-order chi connectivity index (χ0) is 48.4. The lowest BCUT2D eigenvalue weighted by molar-refractivity contribution is 0.629. The summed E-state index contributed by atoms with van der Waals surface area (Å²) in [6.45, 7) is 0. The molecular formula is C68H43FN2O2. The summed E-state index contributed by atoms with van der Waals surface area (Å²) in [5, 5.41) is 8.60. The summed E-state index contributed by atoms with van der Waals surface area (Å²) in [5.74, 6) is -0.329. The molecular weight excluding hydrogens is 896 g/mol. The monoisotopic (exact) mass is 938 g/mol. The summed E-state index contributed by atoms with van der Waals surface area (Å²) in [7, 11) is 0. The van der Waals surface area contributed by atoms with E-state index in [9.17, 15) is 0 Å². The highest BCUT2D eigenvalue weighted by molar-refractivity contribution is 6.30. The molecule has 344 valence electrons. The van der Waals surface area contributed by atoms with E-state index in [0.717, 1.165) is 127 Å². The van der Waals surface area contributed by atoms with Crippen LogP contribution in [0.25, 0.3) is 98.8 Å². The predicted molar refractivity (Wildman–Crippen MR) is 302 cm³/mol. The molecule has 0 amide bonds. The van der Waals surface area contributed by atoms with E-state index in [4.69, 9.17) is 8.83 Å². The summed E-state index contributed by atoms with van der Waals surface area (Å²) in [6.07, 6.45) is 0. The number of nitrogens with zero attached hydrogens (tertiary/aromatic N) is 2. The lowest BCUT2D eigenvalue weighted by atomic mass is 9.94. The van der Waals surface area contributed by atoms with Gasteiger partial charge in [0.2, 0.25) is 0 Å². The highest BCUT2D eigenvalue weighted by Gasteiger charge is 2.25. The third-order valence-corrected chi connectivity index (χ3v) is 14.3. The number of benzene rings is 12. The molecule has 14 rings (SSSR count). The summed E-state index contributed by atoms with van der Waals surface area (Å²) in [5.41, 5.74) is 14.0. The SMILES string of the molecule is Fc1cc(-c2ccccc2)cc(-c2ccccc2)c1N(c1ccccc1)c1ccc2c(c1)oc1c3ccc(-c4ccc(N(c5ccccc5)c5cccc6c5oc5ccccc56)cc4)cc3c3ccccc3c21. The highest BCUT2D eigenvalue weighted by Crippen LogP contribution is 2.48. The first kappa shape index (κ1) is 42.2. The van der Waals surface area contributed by atoms with E-state index in [1.165, 1.54) is 0 Å². The van der Waals surface area contributed by atoms with Gasteiger partial charge in [-0.25, -0.2) is 4.39 Å². The normalized spacial score (nSPS) is 11.6. The Bertz CT molecular complexity index is 4380. The Labute approximate surface area is 420 Å². The minimum Gasteiger partial charge on any atom is -0.455 e. The average Bonchev–Trinajstić information content (AvgIpc) is 4.04. The number of rotatable bonds is 9. The summed E-state index contributed by atoms with van der Waals surface area (Å²) in [4.78, 5) is 4.29. The lowest BCUT2D eigenvalue weighted by Crippen LogP contribution is -2.13. The Morgan fingerprint density at radius 3 is 1.56 bits per heavy atom. The molecule has 4 nitrogen and oxygen atoms in total. The van der Waals surface area contributed by atoms with Crippen LogP contribution in [0.4, 0.5) is 38.5 Å². The highest BCUT2D eigenvalue weighted by atomic mass is 19.1. The van der Waals surface area contributed by atoms with Gasteiger partial charge in [-0.15, -0.1) is 0 Å². The van der Waals surface area contributed by atoms with Crippen molar-refractivity contribution in [3.63, 3.8) is 0 Å². The minimum absolute atomic E-state index is 0.329. The molecule has 14 aromatic rings. The zero-order valence-electron chi connectivity index (χ0n) is 39.4. The number of furan rings is 2. The molecule has 0 bridgehead atoms. The van der Waals surface area contributed by atoms with E-state index >= 15 is 4.39 Å². The average molecular weight is 939 g/mol. The molecule has 0 saturated carbocycles. The van der Waals surface area contributed by atoms with E-state index in [-0.39, 0.29) is 5.82 Å². The van der Waals surface area contributed by atoms with Crippen LogP contribution in [-0.2, 0) is 0 Å². The number of hydrogen-bond acceptors (Lipinski definition) is 4. The Hall–Kier alpha value is -9.71. The molecule has 0 N–H and O–H groups in total. The number of para-hydroxylation sites is 4. The second-order valence-electron chi connectivity index (χ2n) is 18.5. The van der Waals surface area contributed by atoms with Gasteiger partial charge in [-0.05, 0) is 129 Å². The topological polar surface area (TPSA) is 32.8 Å². The van der Waals surface area contributed by atoms with Crippen molar-refractivity contribution < 1.29 is 13.2 Å². The Morgan fingerprint density at radius 1 is 0.288 bits per heavy atom. The maximum absolute atomic E-state index is 17.3. The molecule has 73 heavy (non-hydrogen) atoms. The van der Waals surface area contributed by atoms with Crippen molar-refractivity contribution >= 4 is 99.5 Å². The van der Waals surface area contributed by atoms with Crippen LogP contribution in [0, 0.1) is 5.82 Å². The smallest absolute Gasteiger partial charge is 0.159 e. The van der Waals surface area contributed by atoms with Crippen LogP contribution in [0.15, 0.2) is 270 Å². The fraction of sp³-hybridized carbons (Fsp3) is 0. The van der Waals surface area contributed by atoms with Gasteiger partial charge >= 0.3 is 0 Å². The number of fused-ring (bicyclic) bond motifs is 11. The van der Waals surface area contributed by atoms with Crippen molar-refractivity contribution in [3.8, 4) is 33.4 Å². The Kier molecular flexibility index (Phi) is 10.0. The van der Waals surface area contributed by atoms with Gasteiger partial charge in [0, 0.05) is 55.6 Å². The van der Waals surface area contributed by atoms with Crippen LogP contribution in [0.1, 0.15) is 0 Å². The van der Waals surface area contributed by atoms with Gasteiger partial charge in [0.25, 0.3) is 0 Å².